The molecule has 0 saturated carbocycles. The van der Waals surface area contributed by atoms with Crippen LogP contribution in [-0.4, -0.2) is 32.1 Å². The van der Waals surface area contributed by atoms with Crippen LogP contribution in [-0.2, 0) is 4.74 Å². The van der Waals surface area contributed by atoms with Gasteiger partial charge in [-0.3, -0.25) is 4.79 Å². The molecule has 0 amide bonds. The Kier molecular flexibility index (Phi) is 5.28. The van der Waals surface area contributed by atoms with Gasteiger partial charge >= 0.3 is 0 Å². The van der Waals surface area contributed by atoms with E-state index in [9.17, 15) is 9.18 Å². The van der Waals surface area contributed by atoms with Crippen LogP contribution in [0.1, 0.15) is 15.9 Å². The smallest absolute Gasteiger partial charge is 0.185 e. The van der Waals surface area contributed by atoms with Crippen LogP contribution in [0.3, 0.4) is 0 Å². The van der Waals surface area contributed by atoms with Gasteiger partial charge in [0.1, 0.15) is 5.82 Å². The summed E-state index contributed by atoms with van der Waals surface area (Å²) in [7, 11) is 0. The van der Waals surface area contributed by atoms with Crippen molar-refractivity contribution >= 4 is 29.1 Å². The highest BCUT2D eigenvalue weighted by molar-refractivity contribution is 6.30. The van der Waals surface area contributed by atoms with Crippen LogP contribution in [0.2, 0.25) is 5.02 Å². The molecule has 0 radical (unpaired) electrons. The van der Waals surface area contributed by atoms with Gasteiger partial charge in [0.25, 0.3) is 0 Å². The Labute approximate surface area is 145 Å². The maximum Gasteiger partial charge on any atom is 0.185 e. The SMILES string of the molecule is O=C(/C=C/c1ccc(Cl)cc1)c1ccc(N2CCOCC2)c(F)c1. The molecule has 24 heavy (non-hydrogen) atoms. The number of carbonyl (C=O) groups excluding carboxylic acids is 1. The molecule has 0 atom stereocenters. The lowest BCUT2D eigenvalue weighted by atomic mass is 10.1. The van der Waals surface area contributed by atoms with E-state index in [1.165, 1.54) is 12.1 Å². The van der Waals surface area contributed by atoms with Crippen molar-refractivity contribution in [1.29, 1.82) is 0 Å². The van der Waals surface area contributed by atoms with E-state index in [1.54, 1.807) is 30.3 Å². The number of ketones is 1. The third-order valence-electron chi connectivity index (χ3n) is 3.88. The summed E-state index contributed by atoms with van der Waals surface area (Å²) in [6.45, 7) is 2.48. The standard InChI is InChI=1S/C19H17ClFNO2/c20-16-5-1-14(2-6-16)3-8-19(23)15-4-7-18(17(21)13-15)22-9-11-24-12-10-22/h1-8,13H,9-12H2/b8-3+. The zero-order valence-corrected chi connectivity index (χ0v) is 13.8. The summed E-state index contributed by atoms with van der Waals surface area (Å²) >= 11 is 5.82. The quantitative estimate of drug-likeness (QED) is 0.614. The third-order valence-corrected chi connectivity index (χ3v) is 4.13. The van der Waals surface area contributed by atoms with Crippen LogP contribution in [0.25, 0.3) is 6.08 Å². The van der Waals surface area contributed by atoms with Gasteiger partial charge in [-0.05, 0) is 42.0 Å². The molecule has 5 heteroatoms. The Morgan fingerprint density at radius 3 is 2.50 bits per heavy atom. The number of allylic oxidation sites excluding steroid dienone is 1. The summed E-state index contributed by atoms with van der Waals surface area (Å²) in [5.74, 6) is -0.625. The zero-order chi connectivity index (χ0) is 16.9. The van der Waals surface area contributed by atoms with Crippen molar-refractivity contribution in [2.45, 2.75) is 0 Å². The number of anilines is 1. The molecule has 0 aliphatic carbocycles. The number of hydrogen-bond acceptors (Lipinski definition) is 3. The molecule has 2 aromatic rings. The summed E-state index contributed by atoms with van der Waals surface area (Å²) in [5, 5.41) is 0.638. The van der Waals surface area contributed by atoms with Crippen LogP contribution in [0, 0.1) is 5.82 Å². The summed E-state index contributed by atoms with van der Waals surface area (Å²) in [6, 6.07) is 11.7. The Balaban J connectivity index is 1.73. The molecule has 1 aliphatic heterocycles. The predicted octanol–water partition coefficient (Wildman–Crippen LogP) is 4.21. The fourth-order valence-corrected chi connectivity index (χ4v) is 2.69. The number of rotatable bonds is 4. The normalized spacial score (nSPS) is 15.0. The van der Waals surface area contributed by atoms with Gasteiger partial charge in [0, 0.05) is 23.7 Å². The molecule has 1 saturated heterocycles. The summed E-state index contributed by atoms with van der Waals surface area (Å²) in [6.07, 6.45) is 3.12. The van der Waals surface area contributed by atoms with Crippen molar-refractivity contribution in [3.05, 3.63) is 70.5 Å². The number of ether oxygens (including phenoxy) is 1. The molecular formula is C19H17ClFNO2. The molecule has 0 N–H and O–H groups in total. The van der Waals surface area contributed by atoms with Gasteiger partial charge in [-0.2, -0.15) is 0 Å². The monoisotopic (exact) mass is 345 g/mol. The van der Waals surface area contributed by atoms with Crippen LogP contribution >= 0.6 is 11.6 Å². The Morgan fingerprint density at radius 1 is 1.12 bits per heavy atom. The zero-order valence-electron chi connectivity index (χ0n) is 13.0. The predicted molar refractivity (Wildman–Crippen MR) is 94.2 cm³/mol. The molecule has 0 spiro atoms. The lowest BCUT2D eigenvalue weighted by Crippen LogP contribution is -2.36. The first-order chi connectivity index (χ1) is 11.6. The molecule has 1 fully saturated rings. The molecule has 0 unspecified atom stereocenters. The average molecular weight is 346 g/mol. The van der Waals surface area contributed by atoms with Crippen LogP contribution < -0.4 is 4.90 Å². The van der Waals surface area contributed by atoms with Gasteiger partial charge in [-0.1, -0.05) is 29.8 Å². The number of halogens is 2. The topological polar surface area (TPSA) is 29.5 Å². The molecule has 3 nitrogen and oxygen atoms in total. The van der Waals surface area contributed by atoms with E-state index in [0.717, 1.165) is 5.56 Å². The highest BCUT2D eigenvalue weighted by atomic mass is 35.5. The minimum absolute atomic E-state index is 0.239. The lowest BCUT2D eigenvalue weighted by Gasteiger charge is -2.29. The fraction of sp³-hybridized carbons (Fsp3) is 0.211. The number of hydrogen-bond donors (Lipinski definition) is 0. The van der Waals surface area contributed by atoms with E-state index in [-0.39, 0.29) is 11.6 Å². The molecule has 2 aromatic carbocycles. The van der Waals surface area contributed by atoms with Gasteiger partial charge in [0.05, 0.1) is 18.9 Å². The van der Waals surface area contributed by atoms with E-state index in [4.69, 9.17) is 16.3 Å². The van der Waals surface area contributed by atoms with Gasteiger partial charge in [-0.15, -0.1) is 0 Å². The van der Waals surface area contributed by atoms with Crippen LogP contribution in [0.4, 0.5) is 10.1 Å². The first-order valence-corrected chi connectivity index (χ1v) is 8.11. The minimum Gasteiger partial charge on any atom is -0.378 e. The van der Waals surface area contributed by atoms with Gasteiger partial charge in [0.15, 0.2) is 5.78 Å². The van der Waals surface area contributed by atoms with Gasteiger partial charge in [-0.25, -0.2) is 4.39 Å². The maximum atomic E-state index is 14.3. The fourth-order valence-electron chi connectivity index (χ4n) is 2.56. The van der Waals surface area contributed by atoms with E-state index >= 15 is 0 Å². The molecule has 0 bridgehead atoms. The van der Waals surface area contributed by atoms with E-state index < -0.39 is 0 Å². The van der Waals surface area contributed by atoms with Crippen molar-refractivity contribution in [3.8, 4) is 0 Å². The second kappa shape index (κ2) is 7.60. The first kappa shape index (κ1) is 16.7. The Hall–Kier alpha value is -2.17. The second-order valence-corrected chi connectivity index (χ2v) is 5.95. The van der Waals surface area contributed by atoms with Crippen molar-refractivity contribution < 1.29 is 13.9 Å². The van der Waals surface area contributed by atoms with Gasteiger partial charge in [0.2, 0.25) is 0 Å². The van der Waals surface area contributed by atoms with Crippen molar-refractivity contribution in [3.63, 3.8) is 0 Å². The maximum absolute atomic E-state index is 14.3. The Morgan fingerprint density at radius 2 is 1.83 bits per heavy atom. The molecular weight excluding hydrogens is 329 g/mol. The van der Waals surface area contributed by atoms with Crippen LogP contribution in [0.15, 0.2) is 48.5 Å². The number of morpholine rings is 1. The number of benzene rings is 2. The number of nitrogens with zero attached hydrogens (tertiary/aromatic N) is 1. The highest BCUT2D eigenvalue weighted by Crippen LogP contribution is 2.22. The number of carbonyl (C=O) groups is 1. The molecule has 0 aromatic heterocycles. The van der Waals surface area contributed by atoms with Crippen molar-refractivity contribution in [1.82, 2.24) is 0 Å². The molecule has 3 rings (SSSR count). The molecule has 1 aliphatic rings. The molecule has 124 valence electrons. The third kappa shape index (κ3) is 4.02. The average Bonchev–Trinajstić information content (AvgIpc) is 2.61. The minimum atomic E-state index is -0.386. The summed E-state index contributed by atoms with van der Waals surface area (Å²) < 4.78 is 19.6. The highest BCUT2D eigenvalue weighted by Gasteiger charge is 2.16. The van der Waals surface area contributed by atoms with E-state index in [0.29, 0.717) is 42.6 Å². The lowest BCUT2D eigenvalue weighted by molar-refractivity contribution is 0.104. The van der Waals surface area contributed by atoms with Gasteiger partial charge < -0.3 is 9.64 Å². The van der Waals surface area contributed by atoms with Crippen LogP contribution in [0.5, 0.6) is 0 Å². The Bertz CT molecular complexity index is 752. The molecule has 1 heterocycles. The largest absolute Gasteiger partial charge is 0.378 e. The van der Waals surface area contributed by atoms with Crippen molar-refractivity contribution in [2.75, 3.05) is 31.2 Å². The summed E-state index contributed by atoms with van der Waals surface area (Å²) in [5.41, 5.74) is 1.70. The second-order valence-electron chi connectivity index (χ2n) is 5.51. The van der Waals surface area contributed by atoms with E-state index in [2.05, 4.69) is 0 Å². The first-order valence-electron chi connectivity index (χ1n) is 7.74. The van der Waals surface area contributed by atoms with Crippen molar-refractivity contribution in [2.24, 2.45) is 0 Å². The summed E-state index contributed by atoms with van der Waals surface area (Å²) in [4.78, 5) is 14.1. The van der Waals surface area contributed by atoms with E-state index in [1.807, 2.05) is 17.0 Å².